The number of rotatable bonds is 4. The van der Waals surface area contributed by atoms with Crippen molar-refractivity contribution in [3.8, 4) is 0 Å². The lowest BCUT2D eigenvalue weighted by atomic mass is 9.95. The van der Waals surface area contributed by atoms with Crippen LogP contribution in [0.4, 0.5) is 11.5 Å². The predicted molar refractivity (Wildman–Crippen MR) is 100 cm³/mol. The lowest BCUT2D eigenvalue weighted by molar-refractivity contribution is 0.0922. The molecule has 0 spiro atoms. The van der Waals surface area contributed by atoms with Gasteiger partial charge in [-0.2, -0.15) is 0 Å². The lowest BCUT2D eigenvalue weighted by Gasteiger charge is -2.22. The first-order chi connectivity index (χ1) is 12.0. The van der Waals surface area contributed by atoms with Crippen LogP contribution in [0.5, 0.6) is 0 Å². The molecule has 1 heterocycles. The van der Waals surface area contributed by atoms with Crippen LogP contribution < -0.4 is 10.6 Å². The molecule has 1 fully saturated rings. The first kappa shape index (κ1) is 17.4. The summed E-state index contributed by atoms with van der Waals surface area (Å²) in [5.41, 5.74) is 3.73. The predicted octanol–water partition coefficient (Wildman–Crippen LogP) is 4.21. The summed E-state index contributed by atoms with van der Waals surface area (Å²) < 4.78 is 0. The molecule has 1 amide bonds. The van der Waals surface area contributed by atoms with Gasteiger partial charge in [0, 0.05) is 17.8 Å². The minimum absolute atomic E-state index is 0.110. The minimum Gasteiger partial charge on any atom is -0.348 e. The summed E-state index contributed by atoms with van der Waals surface area (Å²) in [6.45, 7) is 5.91. The molecule has 2 N–H and O–H groups in total. The van der Waals surface area contributed by atoms with E-state index >= 15 is 0 Å². The second-order valence-corrected chi connectivity index (χ2v) is 6.94. The molecule has 0 bridgehead atoms. The Labute approximate surface area is 149 Å². The van der Waals surface area contributed by atoms with Crippen molar-refractivity contribution < 1.29 is 4.79 Å². The van der Waals surface area contributed by atoms with Crippen molar-refractivity contribution >= 4 is 17.4 Å². The van der Waals surface area contributed by atoms with E-state index in [-0.39, 0.29) is 11.9 Å². The van der Waals surface area contributed by atoms with Crippen LogP contribution >= 0.6 is 0 Å². The normalized spacial score (nSPS) is 15.0. The summed E-state index contributed by atoms with van der Waals surface area (Å²) >= 11 is 0. The molecule has 132 valence electrons. The van der Waals surface area contributed by atoms with Gasteiger partial charge in [0.2, 0.25) is 0 Å². The van der Waals surface area contributed by atoms with Crippen molar-refractivity contribution in [1.29, 1.82) is 0 Å². The first-order valence-corrected chi connectivity index (χ1v) is 9.02. The highest BCUT2D eigenvalue weighted by molar-refractivity contribution is 5.93. The van der Waals surface area contributed by atoms with Crippen molar-refractivity contribution in [3.63, 3.8) is 0 Å². The fourth-order valence-corrected chi connectivity index (χ4v) is 3.26. The maximum Gasteiger partial charge on any atom is 0.270 e. The number of aryl methyl sites for hydroxylation is 3. The Balaban J connectivity index is 1.77. The number of amides is 1. The number of benzene rings is 1. The molecule has 25 heavy (non-hydrogen) atoms. The average molecular weight is 338 g/mol. The fourth-order valence-electron chi connectivity index (χ4n) is 3.26. The van der Waals surface area contributed by atoms with E-state index in [9.17, 15) is 4.79 Å². The highest BCUT2D eigenvalue weighted by atomic mass is 16.1. The quantitative estimate of drug-likeness (QED) is 0.876. The Morgan fingerprint density at radius 1 is 1.04 bits per heavy atom. The first-order valence-electron chi connectivity index (χ1n) is 9.02. The van der Waals surface area contributed by atoms with Gasteiger partial charge in [-0.15, -0.1) is 0 Å². The molecule has 0 saturated heterocycles. The van der Waals surface area contributed by atoms with Gasteiger partial charge >= 0.3 is 0 Å². The van der Waals surface area contributed by atoms with Crippen LogP contribution in [0.25, 0.3) is 0 Å². The van der Waals surface area contributed by atoms with Crippen LogP contribution in [0.1, 0.15) is 59.5 Å². The number of nitrogens with zero attached hydrogens (tertiary/aromatic N) is 2. The summed E-state index contributed by atoms with van der Waals surface area (Å²) in [6, 6.07) is 8.23. The van der Waals surface area contributed by atoms with E-state index in [2.05, 4.69) is 45.7 Å². The zero-order valence-electron chi connectivity index (χ0n) is 15.2. The molecule has 1 aromatic heterocycles. The van der Waals surface area contributed by atoms with Gasteiger partial charge in [0.15, 0.2) is 0 Å². The largest absolute Gasteiger partial charge is 0.348 e. The van der Waals surface area contributed by atoms with Gasteiger partial charge in [0.25, 0.3) is 5.91 Å². The summed E-state index contributed by atoms with van der Waals surface area (Å²) in [7, 11) is 0. The number of hydrogen-bond donors (Lipinski definition) is 2. The van der Waals surface area contributed by atoms with Gasteiger partial charge < -0.3 is 10.6 Å². The van der Waals surface area contributed by atoms with Crippen molar-refractivity contribution in [1.82, 2.24) is 15.3 Å². The second-order valence-electron chi connectivity index (χ2n) is 6.94. The summed E-state index contributed by atoms with van der Waals surface area (Å²) in [6.07, 6.45) is 5.76. The molecule has 2 aromatic rings. The molecule has 1 aliphatic carbocycles. The molecule has 1 saturated carbocycles. The summed E-state index contributed by atoms with van der Waals surface area (Å²) in [5, 5.41) is 6.44. The Hall–Kier alpha value is -2.43. The minimum atomic E-state index is -0.110. The fraction of sp³-hybridized carbons (Fsp3) is 0.450. The summed E-state index contributed by atoms with van der Waals surface area (Å²) in [5.74, 6) is 1.13. The molecule has 0 atom stereocenters. The zero-order valence-corrected chi connectivity index (χ0v) is 15.2. The SMILES string of the molecule is Cc1ccc(C)c(Nc2cc(C(=O)NC3CCCCC3)nc(C)n2)c1. The van der Waals surface area contributed by atoms with Gasteiger partial charge in [0.1, 0.15) is 17.3 Å². The van der Waals surface area contributed by atoms with E-state index in [0.717, 1.165) is 24.1 Å². The Morgan fingerprint density at radius 3 is 2.56 bits per heavy atom. The maximum atomic E-state index is 12.6. The van der Waals surface area contributed by atoms with E-state index < -0.39 is 0 Å². The van der Waals surface area contributed by atoms with E-state index in [4.69, 9.17) is 0 Å². The molecular formula is C20H26N4O. The molecule has 0 radical (unpaired) electrons. The second kappa shape index (κ2) is 7.64. The van der Waals surface area contributed by atoms with E-state index in [1.165, 1.54) is 24.8 Å². The molecule has 3 rings (SSSR count). The van der Waals surface area contributed by atoms with Crippen LogP contribution in [0.15, 0.2) is 24.3 Å². The molecule has 1 aliphatic rings. The van der Waals surface area contributed by atoms with Gasteiger partial charge in [0.05, 0.1) is 0 Å². The van der Waals surface area contributed by atoms with E-state index in [0.29, 0.717) is 17.3 Å². The summed E-state index contributed by atoms with van der Waals surface area (Å²) in [4.78, 5) is 21.3. The zero-order chi connectivity index (χ0) is 17.8. The molecule has 0 unspecified atom stereocenters. The van der Waals surface area contributed by atoms with Gasteiger partial charge in [-0.25, -0.2) is 9.97 Å². The Bertz CT molecular complexity index is 766. The lowest BCUT2D eigenvalue weighted by Crippen LogP contribution is -2.36. The van der Waals surface area contributed by atoms with Crippen LogP contribution in [-0.2, 0) is 0 Å². The highest BCUT2D eigenvalue weighted by Crippen LogP contribution is 2.22. The van der Waals surface area contributed by atoms with Crippen LogP contribution in [0.2, 0.25) is 0 Å². The number of nitrogens with one attached hydrogen (secondary N) is 2. The topological polar surface area (TPSA) is 66.9 Å². The van der Waals surface area contributed by atoms with Crippen molar-refractivity contribution in [3.05, 3.63) is 46.9 Å². The number of carbonyl (C=O) groups is 1. The van der Waals surface area contributed by atoms with Crippen molar-refractivity contribution in [2.45, 2.75) is 58.9 Å². The number of aromatic nitrogens is 2. The smallest absolute Gasteiger partial charge is 0.270 e. The standard InChI is InChI=1S/C20H26N4O/c1-13-9-10-14(2)17(11-13)24-19-12-18(21-15(3)22-19)20(25)23-16-7-5-4-6-8-16/h9-12,16H,4-8H2,1-3H3,(H,23,25)(H,21,22,24). The monoisotopic (exact) mass is 338 g/mol. The molecule has 1 aromatic carbocycles. The molecular weight excluding hydrogens is 312 g/mol. The number of hydrogen-bond acceptors (Lipinski definition) is 4. The molecule has 5 heteroatoms. The average Bonchev–Trinajstić information content (AvgIpc) is 2.58. The van der Waals surface area contributed by atoms with Gasteiger partial charge in [-0.3, -0.25) is 4.79 Å². The van der Waals surface area contributed by atoms with Crippen LogP contribution in [0.3, 0.4) is 0 Å². The van der Waals surface area contributed by atoms with Crippen molar-refractivity contribution in [2.24, 2.45) is 0 Å². The maximum absolute atomic E-state index is 12.6. The van der Waals surface area contributed by atoms with E-state index in [1.807, 2.05) is 13.8 Å². The van der Waals surface area contributed by atoms with E-state index in [1.54, 1.807) is 6.07 Å². The third kappa shape index (κ3) is 4.56. The third-order valence-electron chi connectivity index (χ3n) is 4.67. The highest BCUT2D eigenvalue weighted by Gasteiger charge is 2.18. The third-order valence-corrected chi connectivity index (χ3v) is 4.67. The van der Waals surface area contributed by atoms with Crippen molar-refractivity contribution in [2.75, 3.05) is 5.32 Å². The number of carbonyl (C=O) groups excluding carboxylic acids is 1. The van der Waals surface area contributed by atoms with Gasteiger partial charge in [-0.05, 0) is 50.8 Å². The van der Waals surface area contributed by atoms with Crippen LogP contribution in [-0.4, -0.2) is 21.9 Å². The Kier molecular flexibility index (Phi) is 5.31. The van der Waals surface area contributed by atoms with Gasteiger partial charge in [-0.1, -0.05) is 31.4 Å². The number of anilines is 2. The molecule has 0 aliphatic heterocycles. The molecule has 5 nitrogen and oxygen atoms in total. The Morgan fingerprint density at radius 2 is 1.80 bits per heavy atom. The van der Waals surface area contributed by atoms with Crippen LogP contribution in [0, 0.1) is 20.8 Å².